The van der Waals surface area contributed by atoms with Crippen LogP contribution < -0.4 is 4.90 Å². The third kappa shape index (κ3) is 4.60. The van der Waals surface area contributed by atoms with Crippen molar-refractivity contribution in [1.29, 1.82) is 5.26 Å². The van der Waals surface area contributed by atoms with Gasteiger partial charge in [-0.25, -0.2) is 9.78 Å². The van der Waals surface area contributed by atoms with Gasteiger partial charge in [0.25, 0.3) is 0 Å². The minimum absolute atomic E-state index is 0.273. The van der Waals surface area contributed by atoms with E-state index >= 15 is 0 Å². The van der Waals surface area contributed by atoms with Crippen molar-refractivity contribution in [1.82, 2.24) is 9.55 Å². The van der Waals surface area contributed by atoms with E-state index in [9.17, 15) is 4.79 Å². The highest BCUT2D eigenvalue weighted by atomic mass is 32.1. The number of ether oxygens (including phenoxy) is 1. The van der Waals surface area contributed by atoms with E-state index in [1.165, 1.54) is 11.3 Å². The van der Waals surface area contributed by atoms with Gasteiger partial charge < -0.3 is 14.2 Å². The number of nitrogens with zero attached hydrogens (tertiary/aromatic N) is 4. The first-order chi connectivity index (χ1) is 15.1. The van der Waals surface area contributed by atoms with Gasteiger partial charge in [-0.05, 0) is 54.3 Å². The predicted molar refractivity (Wildman–Crippen MR) is 122 cm³/mol. The molecule has 0 saturated heterocycles. The Hall–Kier alpha value is -3.63. The summed E-state index contributed by atoms with van der Waals surface area (Å²) in [6, 6.07) is 17.8. The van der Waals surface area contributed by atoms with E-state index in [4.69, 9.17) is 10.00 Å². The van der Waals surface area contributed by atoms with Gasteiger partial charge in [-0.15, -0.1) is 11.3 Å². The highest BCUT2D eigenvalue weighted by Gasteiger charge is 2.13. The molecular weight excluding hydrogens is 408 g/mol. The molecular formula is C24H22N4O2S. The maximum Gasteiger partial charge on any atom is 0.348 e. The van der Waals surface area contributed by atoms with Crippen molar-refractivity contribution >= 4 is 33.1 Å². The van der Waals surface area contributed by atoms with Gasteiger partial charge in [-0.2, -0.15) is 5.26 Å². The zero-order valence-corrected chi connectivity index (χ0v) is 18.2. The summed E-state index contributed by atoms with van der Waals surface area (Å²) < 4.78 is 8.29. The van der Waals surface area contributed by atoms with Gasteiger partial charge in [-0.1, -0.05) is 12.1 Å². The first kappa shape index (κ1) is 20.6. The van der Waals surface area contributed by atoms with Crippen LogP contribution in [0.1, 0.15) is 33.4 Å². The SMILES string of the molecule is CCOC(=O)c1cc2cc(N(C)Cc3cncn3Cc3ccc(C#N)cc3)ccc2s1. The van der Waals surface area contributed by atoms with Crippen LogP contribution in [0, 0.1) is 11.3 Å². The quantitative estimate of drug-likeness (QED) is 0.393. The Morgan fingerprint density at radius 2 is 2.03 bits per heavy atom. The molecule has 0 atom stereocenters. The number of hydrogen-bond donors (Lipinski definition) is 0. The molecule has 0 aliphatic heterocycles. The van der Waals surface area contributed by atoms with E-state index in [1.54, 1.807) is 0 Å². The van der Waals surface area contributed by atoms with Crippen molar-refractivity contribution in [2.45, 2.75) is 20.0 Å². The topological polar surface area (TPSA) is 71.2 Å². The Labute approximate surface area is 184 Å². The predicted octanol–water partition coefficient (Wildman–Crippen LogP) is 4.83. The molecule has 0 aliphatic rings. The van der Waals surface area contributed by atoms with Crippen LogP contribution in [0.4, 0.5) is 5.69 Å². The molecule has 2 aromatic heterocycles. The highest BCUT2D eigenvalue weighted by molar-refractivity contribution is 7.20. The Morgan fingerprint density at radius 1 is 1.23 bits per heavy atom. The van der Waals surface area contributed by atoms with Crippen molar-refractivity contribution in [2.24, 2.45) is 0 Å². The number of rotatable bonds is 7. The molecule has 0 N–H and O–H groups in total. The number of hydrogen-bond acceptors (Lipinski definition) is 6. The van der Waals surface area contributed by atoms with Crippen LogP contribution in [-0.4, -0.2) is 29.2 Å². The standard InChI is InChI=1S/C24H22N4O2S/c1-3-30-24(29)23-11-19-10-20(8-9-22(19)31-23)27(2)15-21-13-26-16-28(21)14-18-6-4-17(12-25)5-7-18/h4-11,13,16H,3,14-15H2,1-2H3. The zero-order valence-electron chi connectivity index (χ0n) is 17.4. The number of fused-ring (bicyclic) bond motifs is 1. The molecule has 0 spiro atoms. The maximum atomic E-state index is 12.0. The first-order valence-electron chi connectivity index (χ1n) is 9.97. The summed E-state index contributed by atoms with van der Waals surface area (Å²) in [5.74, 6) is -0.273. The molecule has 4 rings (SSSR count). The van der Waals surface area contributed by atoms with Crippen LogP contribution in [0.25, 0.3) is 10.1 Å². The van der Waals surface area contributed by atoms with E-state index in [-0.39, 0.29) is 5.97 Å². The monoisotopic (exact) mass is 430 g/mol. The normalized spacial score (nSPS) is 10.7. The number of thiophene rings is 1. The van der Waals surface area contributed by atoms with Gasteiger partial charge >= 0.3 is 5.97 Å². The van der Waals surface area contributed by atoms with Gasteiger partial charge in [0, 0.05) is 30.2 Å². The minimum atomic E-state index is -0.273. The van der Waals surface area contributed by atoms with Crippen molar-refractivity contribution in [2.75, 3.05) is 18.6 Å². The fourth-order valence-electron chi connectivity index (χ4n) is 3.41. The van der Waals surface area contributed by atoms with E-state index < -0.39 is 0 Å². The van der Waals surface area contributed by atoms with E-state index in [0.29, 0.717) is 30.1 Å². The number of carbonyl (C=O) groups excluding carboxylic acids is 1. The van der Waals surface area contributed by atoms with Gasteiger partial charge in [0.1, 0.15) is 4.88 Å². The highest BCUT2D eigenvalue weighted by Crippen LogP contribution is 2.30. The second kappa shape index (κ2) is 9.02. The molecule has 4 aromatic rings. The van der Waals surface area contributed by atoms with Crippen LogP contribution in [0.2, 0.25) is 0 Å². The third-order valence-electron chi connectivity index (χ3n) is 5.05. The third-order valence-corrected chi connectivity index (χ3v) is 6.15. The van der Waals surface area contributed by atoms with Gasteiger partial charge in [0.15, 0.2) is 0 Å². The second-order valence-electron chi connectivity index (χ2n) is 7.23. The Morgan fingerprint density at radius 3 is 2.77 bits per heavy atom. The average Bonchev–Trinajstić information content (AvgIpc) is 3.40. The largest absolute Gasteiger partial charge is 0.462 e. The molecule has 0 fully saturated rings. The molecule has 0 aliphatic carbocycles. The number of nitriles is 1. The number of aromatic nitrogens is 2. The molecule has 0 unspecified atom stereocenters. The summed E-state index contributed by atoms with van der Waals surface area (Å²) in [7, 11) is 2.04. The summed E-state index contributed by atoms with van der Waals surface area (Å²) in [4.78, 5) is 19.1. The smallest absolute Gasteiger partial charge is 0.348 e. The lowest BCUT2D eigenvalue weighted by molar-refractivity contribution is 0.0532. The van der Waals surface area contributed by atoms with Crippen LogP contribution >= 0.6 is 11.3 Å². The molecule has 0 radical (unpaired) electrons. The van der Waals surface area contributed by atoms with Crippen molar-refractivity contribution in [3.8, 4) is 6.07 Å². The Bertz CT molecular complexity index is 1250. The fraction of sp³-hybridized carbons (Fsp3) is 0.208. The molecule has 2 heterocycles. The van der Waals surface area contributed by atoms with Crippen molar-refractivity contribution in [3.63, 3.8) is 0 Å². The molecule has 0 saturated carbocycles. The summed E-state index contributed by atoms with van der Waals surface area (Å²) in [5.41, 5.74) is 3.92. The molecule has 0 bridgehead atoms. The fourth-order valence-corrected chi connectivity index (χ4v) is 4.35. The summed E-state index contributed by atoms with van der Waals surface area (Å²) in [6.45, 7) is 3.57. The lowest BCUT2D eigenvalue weighted by atomic mass is 10.1. The van der Waals surface area contributed by atoms with Crippen molar-refractivity contribution < 1.29 is 9.53 Å². The van der Waals surface area contributed by atoms with Crippen LogP contribution in [0.15, 0.2) is 61.1 Å². The second-order valence-corrected chi connectivity index (χ2v) is 8.31. The summed E-state index contributed by atoms with van der Waals surface area (Å²) in [6.07, 6.45) is 3.71. The van der Waals surface area contributed by atoms with Crippen LogP contribution in [-0.2, 0) is 17.8 Å². The number of carbonyl (C=O) groups is 1. The molecule has 6 nitrogen and oxygen atoms in total. The molecule has 31 heavy (non-hydrogen) atoms. The summed E-state index contributed by atoms with van der Waals surface area (Å²) >= 11 is 1.45. The average molecular weight is 431 g/mol. The van der Waals surface area contributed by atoms with E-state index in [1.807, 2.05) is 62.9 Å². The lowest BCUT2D eigenvalue weighted by Gasteiger charge is -2.20. The Kier molecular flexibility index (Phi) is 6.01. The van der Waals surface area contributed by atoms with Crippen LogP contribution in [0.5, 0.6) is 0 Å². The van der Waals surface area contributed by atoms with E-state index in [0.717, 1.165) is 27.0 Å². The van der Waals surface area contributed by atoms with Crippen LogP contribution in [0.3, 0.4) is 0 Å². The number of imidazole rings is 1. The molecule has 2 aromatic carbocycles. The lowest BCUT2D eigenvalue weighted by Crippen LogP contribution is -2.19. The summed E-state index contributed by atoms with van der Waals surface area (Å²) in [5, 5.41) is 9.99. The molecule has 0 amide bonds. The van der Waals surface area contributed by atoms with Crippen molar-refractivity contribution in [3.05, 3.63) is 82.8 Å². The molecule has 156 valence electrons. The van der Waals surface area contributed by atoms with Gasteiger partial charge in [0.2, 0.25) is 0 Å². The first-order valence-corrected chi connectivity index (χ1v) is 10.8. The molecule has 7 heteroatoms. The van der Waals surface area contributed by atoms with E-state index in [2.05, 4.69) is 32.7 Å². The Balaban J connectivity index is 1.50. The zero-order chi connectivity index (χ0) is 21.8. The van der Waals surface area contributed by atoms with Gasteiger partial charge in [0.05, 0.1) is 36.8 Å². The minimum Gasteiger partial charge on any atom is -0.462 e. The van der Waals surface area contributed by atoms with Gasteiger partial charge in [-0.3, -0.25) is 0 Å². The number of anilines is 1. The number of esters is 1. The number of benzene rings is 2. The maximum absolute atomic E-state index is 12.0.